The van der Waals surface area contributed by atoms with E-state index in [1.807, 2.05) is 13.0 Å². The maximum absolute atomic E-state index is 11.8. The quantitative estimate of drug-likeness (QED) is 0.656. The molecule has 1 N–H and O–H groups in total. The summed E-state index contributed by atoms with van der Waals surface area (Å²) in [6, 6.07) is 8.76. The van der Waals surface area contributed by atoms with Gasteiger partial charge in [0.2, 0.25) is 0 Å². The minimum atomic E-state index is -0.317. The molecule has 0 saturated carbocycles. The molecule has 6 nitrogen and oxygen atoms in total. The molecule has 0 radical (unpaired) electrons. The van der Waals surface area contributed by atoms with Crippen LogP contribution >= 0.6 is 0 Å². The van der Waals surface area contributed by atoms with Crippen LogP contribution in [-0.2, 0) is 0 Å². The molecule has 0 spiro atoms. The van der Waals surface area contributed by atoms with E-state index in [9.17, 15) is 4.79 Å². The lowest BCUT2D eigenvalue weighted by Crippen LogP contribution is -2.17. The van der Waals surface area contributed by atoms with Crippen molar-refractivity contribution in [2.24, 2.45) is 5.10 Å². The number of ether oxygens (including phenoxy) is 2. The highest BCUT2D eigenvalue weighted by Gasteiger charge is 2.05. The number of nitrogens with zero attached hydrogens (tertiary/aromatic N) is 2. The number of carbonyl (C=O) groups is 1. The smallest absolute Gasteiger partial charge is 0.272 e. The normalized spacial score (nSPS) is 10.5. The second-order valence-electron chi connectivity index (χ2n) is 4.28. The van der Waals surface area contributed by atoms with Crippen LogP contribution in [0.3, 0.4) is 0 Å². The molecule has 22 heavy (non-hydrogen) atoms. The Balaban J connectivity index is 2.04. The summed E-state index contributed by atoms with van der Waals surface area (Å²) in [6.45, 7) is 2.43. The SMILES string of the molecule is CCOc1cc(/C=N/NC(=O)c2cccnc2)ccc1OC. The van der Waals surface area contributed by atoms with Crippen molar-refractivity contribution >= 4 is 12.1 Å². The summed E-state index contributed by atoms with van der Waals surface area (Å²) in [4.78, 5) is 15.7. The van der Waals surface area contributed by atoms with Crippen LogP contribution in [0, 0.1) is 0 Å². The number of rotatable bonds is 6. The van der Waals surface area contributed by atoms with Crippen LogP contribution in [-0.4, -0.2) is 30.8 Å². The van der Waals surface area contributed by atoms with E-state index in [1.54, 1.807) is 37.6 Å². The molecule has 1 heterocycles. The van der Waals surface area contributed by atoms with Crippen LogP contribution in [0.5, 0.6) is 11.5 Å². The Morgan fingerprint density at radius 2 is 2.23 bits per heavy atom. The van der Waals surface area contributed by atoms with Gasteiger partial charge in [-0.2, -0.15) is 5.10 Å². The zero-order chi connectivity index (χ0) is 15.8. The highest BCUT2D eigenvalue weighted by atomic mass is 16.5. The molecule has 0 aliphatic carbocycles. The number of hydrogen-bond acceptors (Lipinski definition) is 5. The predicted octanol–water partition coefficient (Wildman–Crippen LogP) is 2.25. The third kappa shape index (κ3) is 4.05. The first-order valence-corrected chi connectivity index (χ1v) is 6.79. The number of nitrogens with one attached hydrogen (secondary N) is 1. The Morgan fingerprint density at radius 1 is 1.36 bits per heavy atom. The number of aromatic nitrogens is 1. The summed E-state index contributed by atoms with van der Waals surface area (Å²) in [7, 11) is 1.58. The average molecular weight is 299 g/mol. The number of methoxy groups -OCH3 is 1. The number of benzene rings is 1. The van der Waals surface area contributed by atoms with Gasteiger partial charge in [0.1, 0.15) is 0 Å². The molecule has 0 unspecified atom stereocenters. The van der Waals surface area contributed by atoms with E-state index in [-0.39, 0.29) is 5.91 Å². The molecular formula is C16H17N3O3. The molecule has 6 heteroatoms. The van der Waals surface area contributed by atoms with Gasteiger partial charge in [0.15, 0.2) is 11.5 Å². The first-order valence-electron chi connectivity index (χ1n) is 6.79. The van der Waals surface area contributed by atoms with Crippen LogP contribution in [0.4, 0.5) is 0 Å². The first-order chi connectivity index (χ1) is 10.7. The van der Waals surface area contributed by atoms with Crippen molar-refractivity contribution in [2.75, 3.05) is 13.7 Å². The number of hydrazone groups is 1. The van der Waals surface area contributed by atoms with Gasteiger partial charge in [-0.15, -0.1) is 0 Å². The lowest BCUT2D eigenvalue weighted by Gasteiger charge is -2.09. The zero-order valence-electron chi connectivity index (χ0n) is 12.4. The van der Waals surface area contributed by atoms with E-state index in [2.05, 4.69) is 15.5 Å². The molecule has 1 aromatic heterocycles. The van der Waals surface area contributed by atoms with Crippen LogP contribution < -0.4 is 14.9 Å². The van der Waals surface area contributed by atoms with E-state index in [0.717, 1.165) is 5.56 Å². The lowest BCUT2D eigenvalue weighted by atomic mass is 10.2. The topological polar surface area (TPSA) is 72.8 Å². The van der Waals surface area contributed by atoms with Crippen molar-refractivity contribution in [3.05, 3.63) is 53.9 Å². The van der Waals surface area contributed by atoms with E-state index in [4.69, 9.17) is 9.47 Å². The van der Waals surface area contributed by atoms with Crippen molar-refractivity contribution in [1.29, 1.82) is 0 Å². The number of carbonyl (C=O) groups excluding carboxylic acids is 1. The summed E-state index contributed by atoms with van der Waals surface area (Å²) >= 11 is 0. The molecule has 0 bridgehead atoms. The Labute approximate surface area is 128 Å². The van der Waals surface area contributed by atoms with Crippen LogP contribution in [0.25, 0.3) is 0 Å². The molecule has 1 aromatic carbocycles. The van der Waals surface area contributed by atoms with Gasteiger partial charge in [-0.3, -0.25) is 9.78 Å². The lowest BCUT2D eigenvalue weighted by molar-refractivity contribution is 0.0955. The molecule has 2 rings (SSSR count). The largest absolute Gasteiger partial charge is 0.493 e. The maximum atomic E-state index is 11.8. The summed E-state index contributed by atoms with van der Waals surface area (Å²) in [5.41, 5.74) is 3.68. The van der Waals surface area contributed by atoms with Crippen LogP contribution in [0.2, 0.25) is 0 Å². The Morgan fingerprint density at radius 3 is 2.91 bits per heavy atom. The molecule has 114 valence electrons. The summed E-state index contributed by atoms with van der Waals surface area (Å²) in [5, 5.41) is 3.93. The monoisotopic (exact) mass is 299 g/mol. The van der Waals surface area contributed by atoms with Gasteiger partial charge in [-0.25, -0.2) is 5.43 Å². The van der Waals surface area contributed by atoms with Gasteiger partial charge in [0, 0.05) is 12.4 Å². The van der Waals surface area contributed by atoms with Crippen molar-refractivity contribution in [1.82, 2.24) is 10.4 Å². The van der Waals surface area contributed by atoms with Gasteiger partial charge in [0.05, 0.1) is 25.5 Å². The van der Waals surface area contributed by atoms with Gasteiger partial charge in [0.25, 0.3) is 5.91 Å². The maximum Gasteiger partial charge on any atom is 0.272 e. The van der Waals surface area contributed by atoms with Crippen molar-refractivity contribution in [2.45, 2.75) is 6.92 Å². The van der Waals surface area contributed by atoms with Crippen molar-refractivity contribution in [3.8, 4) is 11.5 Å². The minimum absolute atomic E-state index is 0.317. The van der Waals surface area contributed by atoms with E-state index < -0.39 is 0 Å². The van der Waals surface area contributed by atoms with Gasteiger partial charge in [-0.1, -0.05) is 0 Å². The number of hydrogen-bond donors (Lipinski definition) is 1. The molecule has 0 aliphatic rings. The third-order valence-electron chi connectivity index (χ3n) is 2.79. The second-order valence-corrected chi connectivity index (χ2v) is 4.28. The highest BCUT2D eigenvalue weighted by molar-refractivity contribution is 5.94. The number of amides is 1. The van der Waals surface area contributed by atoms with Gasteiger partial charge in [-0.05, 0) is 42.8 Å². The summed E-state index contributed by atoms with van der Waals surface area (Å²) < 4.78 is 10.7. The van der Waals surface area contributed by atoms with Gasteiger partial charge >= 0.3 is 0 Å². The Hall–Kier alpha value is -2.89. The predicted molar refractivity (Wildman–Crippen MR) is 83.5 cm³/mol. The Bertz CT molecular complexity index is 657. The molecule has 2 aromatic rings. The molecule has 1 amide bonds. The zero-order valence-corrected chi connectivity index (χ0v) is 12.4. The fraction of sp³-hybridized carbons (Fsp3) is 0.188. The standard InChI is InChI=1S/C16H17N3O3/c1-3-22-15-9-12(6-7-14(15)21-2)10-18-19-16(20)13-5-4-8-17-11-13/h4-11H,3H2,1-2H3,(H,19,20)/b18-10+. The van der Waals surface area contributed by atoms with E-state index >= 15 is 0 Å². The van der Waals surface area contributed by atoms with Crippen molar-refractivity contribution in [3.63, 3.8) is 0 Å². The average Bonchev–Trinajstić information content (AvgIpc) is 2.56. The first kappa shape index (κ1) is 15.5. The second kappa shape index (κ2) is 7.78. The van der Waals surface area contributed by atoms with Crippen molar-refractivity contribution < 1.29 is 14.3 Å². The summed E-state index contributed by atoms with van der Waals surface area (Å²) in [5.74, 6) is 0.967. The van der Waals surface area contributed by atoms with Gasteiger partial charge < -0.3 is 9.47 Å². The van der Waals surface area contributed by atoms with Crippen LogP contribution in [0.15, 0.2) is 47.8 Å². The van der Waals surface area contributed by atoms with E-state index in [0.29, 0.717) is 23.7 Å². The molecule has 0 atom stereocenters. The number of pyridine rings is 1. The third-order valence-corrected chi connectivity index (χ3v) is 2.79. The molecular weight excluding hydrogens is 282 g/mol. The minimum Gasteiger partial charge on any atom is -0.493 e. The van der Waals surface area contributed by atoms with E-state index in [1.165, 1.54) is 12.4 Å². The molecule has 0 saturated heterocycles. The fourth-order valence-corrected chi connectivity index (χ4v) is 1.77. The fourth-order valence-electron chi connectivity index (χ4n) is 1.77. The molecule has 0 aliphatic heterocycles. The van der Waals surface area contributed by atoms with Crippen LogP contribution in [0.1, 0.15) is 22.8 Å². The Kier molecular flexibility index (Phi) is 5.48. The highest BCUT2D eigenvalue weighted by Crippen LogP contribution is 2.27. The molecule has 0 fully saturated rings. The summed E-state index contributed by atoms with van der Waals surface area (Å²) in [6.07, 6.45) is 4.62.